The van der Waals surface area contributed by atoms with Crippen molar-refractivity contribution in [3.63, 3.8) is 0 Å². The van der Waals surface area contributed by atoms with E-state index in [1.54, 1.807) is 60.7 Å². The zero-order chi connectivity index (χ0) is 34.7. The van der Waals surface area contributed by atoms with Gasteiger partial charge in [-0.2, -0.15) is 0 Å². The number of hydrogen-bond acceptors (Lipinski definition) is 9. The molecule has 0 saturated heterocycles. The number of carbonyl (C=O) groups is 3. The molecule has 0 aliphatic rings. The number of nitrogens with zero attached hydrogens (tertiary/aromatic N) is 2. The van der Waals surface area contributed by atoms with E-state index in [-0.39, 0.29) is 41.9 Å². The van der Waals surface area contributed by atoms with Gasteiger partial charge >= 0.3 is 0 Å². The summed E-state index contributed by atoms with van der Waals surface area (Å²) in [4.78, 5) is 48.3. The first kappa shape index (κ1) is 35.7. The van der Waals surface area contributed by atoms with Crippen molar-refractivity contribution >= 4 is 61.0 Å². The third kappa shape index (κ3) is 10.7. The number of carbonyl (C=O) groups excluding carboxylic acids is 3. The summed E-state index contributed by atoms with van der Waals surface area (Å²) in [5, 5.41) is 13.0. The highest BCUT2D eigenvalue weighted by Gasteiger charge is 2.28. The van der Waals surface area contributed by atoms with Gasteiger partial charge < -0.3 is 27.8 Å². The van der Waals surface area contributed by atoms with E-state index >= 15 is 0 Å². The summed E-state index contributed by atoms with van der Waals surface area (Å²) < 4.78 is 29.5. The lowest BCUT2D eigenvalue weighted by Gasteiger charge is -2.20. The van der Waals surface area contributed by atoms with Crippen molar-refractivity contribution in [3.8, 4) is 0 Å². The van der Waals surface area contributed by atoms with E-state index in [4.69, 9.17) is 22.6 Å². The van der Waals surface area contributed by atoms with Gasteiger partial charge in [0, 0.05) is 12.1 Å². The highest BCUT2D eigenvalue weighted by molar-refractivity contribution is 7.88. The average molecular weight is 692 g/mol. The Labute approximate surface area is 281 Å². The molecule has 2 amide bonds. The quantitative estimate of drug-likeness (QED) is 0.0363. The molecule has 10 N–H and O–H groups in total. The van der Waals surface area contributed by atoms with Gasteiger partial charge in [0.05, 0.1) is 28.6 Å². The third-order valence-electron chi connectivity index (χ3n) is 7.07. The number of aliphatic imine (C=N–C) groups is 1. The van der Waals surface area contributed by atoms with E-state index < -0.39 is 46.2 Å². The van der Waals surface area contributed by atoms with Crippen LogP contribution < -0.4 is 32.6 Å². The fraction of sp³-hybridized carbons (Fsp3) is 0.250. The molecule has 14 nitrogen and oxygen atoms in total. The van der Waals surface area contributed by atoms with Gasteiger partial charge in [-0.3, -0.25) is 24.8 Å². The maximum Gasteiger partial charge on any atom is 0.239 e. The Bertz CT molecular complexity index is 1860. The molecule has 0 saturated carbocycles. The van der Waals surface area contributed by atoms with E-state index in [1.165, 1.54) is 11.3 Å². The Morgan fingerprint density at radius 1 is 0.896 bits per heavy atom. The number of hydrogen-bond donors (Lipinski definition) is 7. The first-order valence-electron chi connectivity index (χ1n) is 14.9. The molecular weight excluding hydrogens is 655 g/mol. The van der Waals surface area contributed by atoms with Crippen molar-refractivity contribution < 1.29 is 22.8 Å². The number of benzene rings is 3. The zero-order valence-corrected chi connectivity index (χ0v) is 27.5. The van der Waals surface area contributed by atoms with Gasteiger partial charge in [0.2, 0.25) is 27.6 Å². The smallest absolute Gasteiger partial charge is 0.239 e. The molecule has 0 spiro atoms. The van der Waals surface area contributed by atoms with Crippen LogP contribution in [-0.2, 0) is 31.8 Å². The minimum absolute atomic E-state index is 0.0524. The summed E-state index contributed by atoms with van der Waals surface area (Å²) >= 11 is 1.20. The Morgan fingerprint density at radius 2 is 1.58 bits per heavy atom. The largest absolute Gasteiger partial charge is 0.384 e. The molecule has 0 aliphatic carbocycles. The fourth-order valence-electron chi connectivity index (χ4n) is 4.73. The summed E-state index contributed by atoms with van der Waals surface area (Å²) in [6.45, 7) is -0.298. The number of fused-ring (bicyclic) bond motifs is 1. The van der Waals surface area contributed by atoms with Crippen LogP contribution in [0.1, 0.15) is 39.3 Å². The van der Waals surface area contributed by atoms with Crippen LogP contribution in [0.5, 0.6) is 0 Å². The van der Waals surface area contributed by atoms with Gasteiger partial charge in [-0.1, -0.05) is 66.7 Å². The average Bonchev–Trinajstić information content (AvgIpc) is 3.49. The molecule has 0 unspecified atom stereocenters. The Balaban J connectivity index is 1.46. The van der Waals surface area contributed by atoms with Gasteiger partial charge in [0.25, 0.3) is 0 Å². The monoisotopic (exact) mass is 691 g/mol. The number of aromatic nitrogens is 1. The molecule has 16 heteroatoms. The standard InChI is InChI=1S/C32H37N9O5S2/c33-29(34)22-14-12-20(13-15-22)17-25(41-48(45,46)19-21-7-2-1-3-8-21)30(44)38-18-27(42)39-24(10-6-16-37-32(35)36)28(43)31-40-23-9-4-5-11-26(23)47-31/h1-5,7-9,11-15,24-25,41H,6,10,16-19H2,(H3,33,34)(H,38,44)(H,39,42)(H4,35,36,37)/t24-,25+/m0/s1. The van der Waals surface area contributed by atoms with Crippen molar-refractivity contribution in [3.05, 3.63) is 101 Å². The van der Waals surface area contributed by atoms with Gasteiger partial charge in [0.1, 0.15) is 11.9 Å². The maximum absolute atomic E-state index is 13.5. The second-order valence-electron chi connectivity index (χ2n) is 10.9. The number of amides is 2. The van der Waals surface area contributed by atoms with Crippen molar-refractivity contribution in [2.45, 2.75) is 37.1 Å². The van der Waals surface area contributed by atoms with Crippen LogP contribution in [0.15, 0.2) is 83.9 Å². The van der Waals surface area contributed by atoms with Gasteiger partial charge in [0.15, 0.2) is 11.0 Å². The molecule has 4 aromatic rings. The molecule has 0 radical (unpaired) electrons. The van der Waals surface area contributed by atoms with Crippen molar-refractivity contribution in [1.82, 2.24) is 20.3 Å². The maximum atomic E-state index is 13.5. The SMILES string of the molecule is N=C(N)c1ccc(C[C@@H](NS(=O)(=O)Cc2ccccc2)C(=O)NCC(=O)N[C@@H](CCCN=C(N)N)C(=O)c2nc3ccccc3s2)cc1. The Kier molecular flexibility index (Phi) is 12.3. The molecular formula is C32H37N9O5S2. The lowest BCUT2D eigenvalue weighted by molar-refractivity contribution is -0.127. The number of thiazole rings is 1. The molecule has 48 heavy (non-hydrogen) atoms. The van der Waals surface area contributed by atoms with Gasteiger partial charge in [-0.05, 0) is 42.5 Å². The van der Waals surface area contributed by atoms with E-state index in [2.05, 4.69) is 25.3 Å². The highest BCUT2D eigenvalue weighted by atomic mass is 32.2. The van der Waals surface area contributed by atoms with E-state index in [9.17, 15) is 22.8 Å². The van der Waals surface area contributed by atoms with Crippen LogP contribution >= 0.6 is 11.3 Å². The van der Waals surface area contributed by atoms with Gasteiger partial charge in [-0.15, -0.1) is 11.3 Å². The summed E-state index contributed by atoms with van der Waals surface area (Å²) in [6, 6.07) is 19.9. The number of para-hydroxylation sites is 1. The zero-order valence-electron chi connectivity index (χ0n) is 25.9. The summed E-state index contributed by atoms with van der Waals surface area (Å²) in [6.07, 6.45) is 0.520. The summed E-state index contributed by atoms with van der Waals surface area (Å²) in [7, 11) is -3.99. The van der Waals surface area contributed by atoms with Crippen LogP contribution in [0.25, 0.3) is 10.2 Å². The minimum Gasteiger partial charge on any atom is -0.384 e. The number of amidine groups is 1. The topological polar surface area (TPSA) is 249 Å². The molecule has 0 bridgehead atoms. The van der Waals surface area contributed by atoms with E-state index in [0.29, 0.717) is 28.6 Å². The Morgan fingerprint density at radius 3 is 2.25 bits per heavy atom. The van der Waals surface area contributed by atoms with Gasteiger partial charge in [-0.25, -0.2) is 18.1 Å². The number of nitrogens with two attached hydrogens (primary N) is 3. The number of sulfonamides is 1. The first-order chi connectivity index (χ1) is 22.9. The molecule has 4 rings (SSSR count). The summed E-state index contributed by atoms with van der Waals surface area (Å²) in [5.41, 5.74) is 18.6. The molecule has 2 atom stereocenters. The van der Waals surface area contributed by atoms with E-state index in [1.807, 2.05) is 18.2 Å². The minimum atomic E-state index is -3.99. The molecule has 3 aromatic carbocycles. The number of nitrogens with one attached hydrogen (secondary N) is 4. The second kappa shape index (κ2) is 16.6. The highest BCUT2D eigenvalue weighted by Crippen LogP contribution is 2.23. The van der Waals surface area contributed by atoms with E-state index in [0.717, 1.165) is 4.70 Å². The second-order valence-corrected chi connectivity index (χ2v) is 13.7. The fourth-order valence-corrected chi connectivity index (χ4v) is 7.03. The van der Waals surface area contributed by atoms with Crippen LogP contribution in [-0.4, -0.2) is 68.0 Å². The van der Waals surface area contributed by atoms with Crippen molar-refractivity contribution in [2.75, 3.05) is 13.1 Å². The number of rotatable bonds is 17. The van der Waals surface area contributed by atoms with Crippen molar-refractivity contribution in [1.29, 1.82) is 5.41 Å². The Hall–Kier alpha value is -5.19. The summed E-state index contributed by atoms with van der Waals surface area (Å²) in [5.74, 6) is -2.42. The first-order valence-corrected chi connectivity index (χ1v) is 17.4. The number of Topliss-reactive ketones (excluding diaryl/α,β-unsaturated/α-hetero) is 1. The number of ketones is 1. The lowest BCUT2D eigenvalue weighted by Crippen LogP contribution is -2.51. The predicted octanol–water partition coefficient (Wildman–Crippen LogP) is 1.15. The molecule has 252 valence electrons. The molecule has 0 fully saturated rings. The number of nitrogen functional groups attached to an aromatic ring is 1. The molecule has 1 aromatic heterocycles. The molecule has 1 heterocycles. The van der Waals surface area contributed by atoms with Crippen LogP contribution in [0, 0.1) is 5.41 Å². The van der Waals surface area contributed by atoms with Crippen LogP contribution in [0.4, 0.5) is 0 Å². The molecule has 0 aliphatic heterocycles. The van der Waals surface area contributed by atoms with Crippen LogP contribution in [0.3, 0.4) is 0 Å². The third-order valence-corrected chi connectivity index (χ3v) is 9.48. The van der Waals surface area contributed by atoms with Crippen molar-refractivity contribution in [2.24, 2.45) is 22.2 Å². The lowest BCUT2D eigenvalue weighted by atomic mass is 10.0. The number of guanidine groups is 1. The van der Waals surface area contributed by atoms with Crippen LogP contribution in [0.2, 0.25) is 0 Å². The predicted molar refractivity (Wildman–Crippen MR) is 186 cm³/mol. The normalized spacial score (nSPS) is 12.5.